The SMILES string of the molecule is Cc1nc(COC2CSC3(C2)CN(S(=O)(=O)C(F)(F)F)C3)cs1. The summed E-state index contributed by atoms with van der Waals surface area (Å²) in [4.78, 5) is 4.29. The van der Waals surface area contributed by atoms with Gasteiger partial charge in [-0.2, -0.15) is 17.5 Å². The molecule has 0 aromatic carbocycles. The molecule has 1 unspecified atom stereocenters. The highest BCUT2D eigenvalue weighted by Gasteiger charge is 2.59. The van der Waals surface area contributed by atoms with Crippen molar-refractivity contribution in [3.05, 3.63) is 16.1 Å². The molecule has 0 aliphatic carbocycles. The zero-order valence-corrected chi connectivity index (χ0v) is 14.6. The number of thiazole rings is 1. The second kappa shape index (κ2) is 5.87. The molecule has 1 aromatic heterocycles. The molecule has 0 saturated carbocycles. The fourth-order valence-electron chi connectivity index (χ4n) is 2.72. The van der Waals surface area contributed by atoms with E-state index in [2.05, 4.69) is 4.98 Å². The molecule has 2 saturated heterocycles. The van der Waals surface area contributed by atoms with Gasteiger partial charge in [0, 0.05) is 29.0 Å². The monoisotopic (exact) mass is 388 g/mol. The molecule has 0 N–H and O–H groups in total. The third-order valence-corrected chi connectivity index (χ3v) is 7.79. The largest absolute Gasteiger partial charge is 0.511 e. The summed E-state index contributed by atoms with van der Waals surface area (Å²) in [6, 6.07) is 0. The highest BCUT2D eigenvalue weighted by atomic mass is 32.2. The number of ether oxygens (including phenoxy) is 1. The molecule has 0 bridgehead atoms. The number of nitrogens with zero attached hydrogens (tertiary/aromatic N) is 2. The van der Waals surface area contributed by atoms with Gasteiger partial charge in [-0.25, -0.2) is 13.4 Å². The molecular weight excluding hydrogens is 373 g/mol. The number of halogens is 3. The van der Waals surface area contributed by atoms with Crippen molar-refractivity contribution in [1.82, 2.24) is 9.29 Å². The van der Waals surface area contributed by atoms with Crippen LogP contribution in [0.15, 0.2) is 5.38 Å². The summed E-state index contributed by atoms with van der Waals surface area (Å²) < 4.78 is 66.0. The van der Waals surface area contributed by atoms with Gasteiger partial charge in [-0.1, -0.05) is 0 Å². The van der Waals surface area contributed by atoms with Crippen molar-refractivity contribution in [2.75, 3.05) is 18.8 Å². The maximum absolute atomic E-state index is 12.5. The van der Waals surface area contributed by atoms with E-state index in [1.54, 1.807) is 0 Å². The molecule has 2 aliphatic heterocycles. The van der Waals surface area contributed by atoms with Crippen molar-refractivity contribution in [3.63, 3.8) is 0 Å². The smallest absolute Gasteiger partial charge is 0.371 e. The van der Waals surface area contributed by atoms with E-state index >= 15 is 0 Å². The van der Waals surface area contributed by atoms with Crippen LogP contribution in [-0.2, 0) is 21.4 Å². The number of hydrogen-bond acceptors (Lipinski definition) is 6. The van der Waals surface area contributed by atoms with Crippen LogP contribution in [0.25, 0.3) is 0 Å². The highest BCUT2D eigenvalue weighted by molar-refractivity contribution is 8.01. The second-order valence-electron chi connectivity index (χ2n) is 5.71. The minimum atomic E-state index is -5.23. The first-order chi connectivity index (χ1) is 10.6. The maximum Gasteiger partial charge on any atom is 0.511 e. The van der Waals surface area contributed by atoms with Gasteiger partial charge < -0.3 is 4.74 Å². The molecule has 11 heteroatoms. The second-order valence-corrected chi connectivity index (χ2v) is 10.2. The van der Waals surface area contributed by atoms with Crippen LogP contribution >= 0.6 is 23.1 Å². The Kier molecular flexibility index (Phi) is 4.45. The quantitative estimate of drug-likeness (QED) is 0.793. The summed E-state index contributed by atoms with van der Waals surface area (Å²) in [7, 11) is -5.20. The number of thioether (sulfide) groups is 1. The van der Waals surface area contributed by atoms with E-state index in [-0.39, 0.29) is 19.2 Å². The Labute approximate surface area is 140 Å². The zero-order valence-electron chi connectivity index (χ0n) is 12.2. The Balaban J connectivity index is 1.51. The molecule has 23 heavy (non-hydrogen) atoms. The van der Waals surface area contributed by atoms with Gasteiger partial charge in [0.1, 0.15) is 0 Å². The van der Waals surface area contributed by atoms with Gasteiger partial charge in [-0.05, 0) is 13.3 Å². The van der Waals surface area contributed by atoms with Crippen molar-refractivity contribution in [2.24, 2.45) is 0 Å². The fourth-order valence-corrected chi connectivity index (χ4v) is 6.16. The predicted octanol–water partition coefficient (Wildman–Crippen LogP) is 2.38. The fraction of sp³-hybridized carbons (Fsp3) is 0.750. The summed E-state index contributed by atoms with van der Waals surface area (Å²) in [6.45, 7) is 2.07. The van der Waals surface area contributed by atoms with E-state index in [1.807, 2.05) is 12.3 Å². The topological polar surface area (TPSA) is 59.5 Å². The Morgan fingerprint density at radius 2 is 2.17 bits per heavy atom. The van der Waals surface area contributed by atoms with Crippen molar-refractivity contribution < 1.29 is 26.3 Å². The van der Waals surface area contributed by atoms with Gasteiger partial charge in [-0.15, -0.1) is 23.1 Å². The van der Waals surface area contributed by atoms with Crippen molar-refractivity contribution in [2.45, 2.75) is 36.3 Å². The Morgan fingerprint density at radius 3 is 2.74 bits per heavy atom. The molecule has 1 aromatic rings. The normalized spacial score (nSPS) is 25.0. The minimum Gasteiger partial charge on any atom is -0.371 e. The lowest BCUT2D eigenvalue weighted by Crippen LogP contribution is -2.62. The van der Waals surface area contributed by atoms with E-state index in [0.29, 0.717) is 23.1 Å². The van der Waals surface area contributed by atoms with Gasteiger partial charge in [0.15, 0.2) is 0 Å². The van der Waals surface area contributed by atoms with Gasteiger partial charge in [0.25, 0.3) is 0 Å². The van der Waals surface area contributed by atoms with Gasteiger partial charge >= 0.3 is 15.5 Å². The lowest BCUT2D eigenvalue weighted by atomic mass is 9.95. The molecule has 1 atom stereocenters. The Bertz CT molecular complexity index is 683. The van der Waals surface area contributed by atoms with Gasteiger partial charge in [0.05, 0.1) is 23.4 Å². The zero-order chi connectivity index (χ0) is 16.9. The van der Waals surface area contributed by atoms with E-state index in [0.717, 1.165) is 10.7 Å². The molecule has 1 spiro atoms. The number of hydrogen-bond donors (Lipinski definition) is 0. The molecule has 0 radical (unpaired) electrons. The molecule has 3 rings (SSSR count). The lowest BCUT2D eigenvalue weighted by molar-refractivity contribution is -0.0521. The Morgan fingerprint density at radius 1 is 1.48 bits per heavy atom. The van der Waals surface area contributed by atoms with E-state index in [1.165, 1.54) is 23.1 Å². The Hall–Kier alpha value is -0.360. The van der Waals surface area contributed by atoms with Crippen molar-refractivity contribution in [3.8, 4) is 0 Å². The molecule has 3 heterocycles. The summed E-state index contributed by atoms with van der Waals surface area (Å²) in [6.07, 6.45) is 0.475. The summed E-state index contributed by atoms with van der Waals surface area (Å²) >= 11 is 3.03. The van der Waals surface area contributed by atoms with Crippen molar-refractivity contribution >= 4 is 33.1 Å². The summed E-state index contributed by atoms with van der Waals surface area (Å²) in [5.74, 6) is 0.656. The molecule has 2 fully saturated rings. The third-order valence-electron chi connectivity index (χ3n) is 3.87. The highest BCUT2D eigenvalue weighted by Crippen LogP contribution is 2.48. The standard InChI is InChI=1S/C12H15F3N2O3S3/c1-8-16-9(4-21-8)3-20-10-2-11(22-5-10)6-17(7-11)23(18,19)12(13,14)15/h4,10H,2-3,5-7H2,1H3. The summed E-state index contributed by atoms with van der Waals surface area (Å²) in [5.41, 5.74) is -4.38. The average molecular weight is 388 g/mol. The predicted molar refractivity (Wildman–Crippen MR) is 81.8 cm³/mol. The number of rotatable bonds is 4. The number of aromatic nitrogens is 1. The first-order valence-corrected chi connectivity index (χ1v) is 10.1. The number of aryl methyl sites for hydroxylation is 1. The van der Waals surface area contributed by atoms with Crippen LogP contribution in [0.3, 0.4) is 0 Å². The summed E-state index contributed by atoms with van der Waals surface area (Å²) in [5, 5.41) is 2.86. The molecular formula is C12H15F3N2O3S3. The third kappa shape index (κ3) is 3.39. The van der Waals surface area contributed by atoms with Crippen LogP contribution in [0.5, 0.6) is 0 Å². The van der Waals surface area contributed by atoms with Crippen LogP contribution in [0, 0.1) is 6.92 Å². The van der Waals surface area contributed by atoms with Crippen LogP contribution in [0.4, 0.5) is 13.2 Å². The maximum atomic E-state index is 12.5. The van der Waals surface area contributed by atoms with Crippen LogP contribution < -0.4 is 0 Å². The molecule has 130 valence electrons. The first kappa shape index (κ1) is 17.5. The number of alkyl halides is 3. The van der Waals surface area contributed by atoms with Crippen LogP contribution in [0.1, 0.15) is 17.1 Å². The number of sulfonamides is 1. The first-order valence-electron chi connectivity index (χ1n) is 6.84. The lowest BCUT2D eigenvalue weighted by Gasteiger charge is -2.46. The minimum absolute atomic E-state index is 0.0854. The molecule has 0 amide bonds. The van der Waals surface area contributed by atoms with Gasteiger partial charge in [0.2, 0.25) is 0 Å². The molecule has 2 aliphatic rings. The molecule has 5 nitrogen and oxygen atoms in total. The van der Waals surface area contributed by atoms with Gasteiger partial charge in [-0.3, -0.25) is 0 Å². The van der Waals surface area contributed by atoms with E-state index in [9.17, 15) is 21.6 Å². The van der Waals surface area contributed by atoms with E-state index < -0.39 is 20.3 Å². The average Bonchev–Trinajstić information content (AvgIpc) is 2.99. The van der Waals surface area contributed by atoms with Crippen LogP contribution in [0.2, 0.25) is 0 Å². The van der Waals surface area contributed by atoms with Crippen LogP contribution in [-0.4, -0.2) is 52.9 Å². The van der Waals surface area contributed by atoms with Crippen molar-refractivity contribution in [1.29, 1.82) is 0 Å². The van der Waals surface area contributed by atoms with E-state index in [4.69, 9.17) is 4.74 Å².